The van der Waals surface area contributed by atoms with Crippen molar-refractivity contribution in [2.45, 2.75) is 19.8 Å². The molecule has 3 nitrogen and oxygen atoms in total. The van der Waals surface area contributed by atoms with Crippen LogP contribution in [0.1, 0.15) is 24.5 Å². The van der Waals surface area contributed by atoms with Gasteiger partial charge < -0.3 is 10.5 Å². The number of nitrogens with one attached hydrogen (secondary N) is 1. The second-order valence-corrected chi connectivity index (χ2v) is 4.99. The predicted octanol–water partition coefficient (Wildman–Crippen LogP) is 4.37. The van der Waals surface area contributed by atoms with Gasteiger partial charge in [0.25, 0.3) is 0 Å². The lowest BCUT2D eigenvalue weighted by Gasteiger charge is -2.11. The average molecular weight is 289 g/mol. The Kier molecular flexibility index (Phi) is 4.64. The highest BCUT2D eigenvalue weighted by Gasteiger charge is 2.08. The van der Waals surface area contributed by atoms with Crippen LogP contribution in [0.15, 0.2) is 42.5 Å². The van der Waals surface area contributed by atoms with Gasteiger partial charge in [0.15, 0.2) is 0 Å². The molecule has 104 valence electrons. The van der Waals surface area contributed by atoms with Crippen molar-refractivity contribution in [1.82, 2.24) is 0 Å². The summed E-state index contributed by atoms with van der Waals surface area (Å²) >= 11 is 5.91. The molecular formula is C16H17ClN2O. The maximum atomic E-state index is 7.57. The Morgan fingerprint density at radius 2 is 1.90 bits per heavy atom. The molecule has 0 heterocycles. The highest BCUT2D eigenvalue weighted by molar-refractivity contribution is 6.31. The molecule has 0 unspecified atom stereocenters. The van der Waals surface area contributed by atoms with Crippen LogP contribution in [0, 0.1) is 5.41 Å². The van der Waals surface area contributed by atoms with Gasteiger partial charge in [-0.2, -0.15) is 0 Å². The monoisotopic (exact) mass is 288 g/mol. The van der Waals surface area contributed by atoms with Crippen molar-refractivity contribution in [2.24, 2.45) is 5.73 Å². The molecule has 2 rings (SSSR count). The van der Waals surface area contributed by atoms with Gasteiger partial charge in [-0.05, 0) is 42.3 Å². The third kappa shape index (κ3) is 3.52. The zero-order chi connectivity index (χ0) is 14.5. The Morgan fingerprint density at radius 1 is 1.20 bits per heavy atom. The molecule has 4 heteroatoms. The molecule has 0 aliphatic heterocycles. The Hall–Kier alpha value is -2.00. The van der Waals surface area contributed by atoms with Crippen molar-refractivity contribution >= 4 is 17.4 Å². The Balaban J connectivity index is 2.23. The molecule has 0 fully saturated rings. The second-order valence-electron chi connectivity index (χ2n) is 4.55. The topological polar surface area (TPSA) is 59.1 Å². The maximum absolute atomic E-state index is 7.57. The fourth-order valence-corrected chi connectivity index (χ4v) is 2.11. The molecule has 0 radical (unpaired) electrons. The largest absolute Gasteiger partial charge is 0.457 e. The third-order valence-corrected chi connectivity index (χ3v) is 3.16. The molecule has 0 amide bonds. The van der Waals surface area contributed by atoms with Crippen molar-refractivity contribution in [1.29, 1.82) is 5.41 Å². The van der Waals surface area contributed by atoms with Gasteiger partial charge in [-0.1, -0.05) is 37.1 Å². The fraction of sp³-hybridized carbons (Fsp3) is 0.188. The molecule has 0 atom stereocenters. The first-order valence-electron chi connectivity index (χ1n) is 6.51. The first-order valence-corrected chi connectivity index (χ1v) is 6.88. The number of benzene rings is 2. The molecule has 2 aromatic carbocycles. The predicted molar refractivity (Wildman–Crippen MR) is 83.0 cm³/mol. The van der Waals surface area contributed by atoms with Crippen LogP contribution in [0.2, 0.25) is 5.02 Å². The molecule has 0 spiro atoms. The third-order valence-electron chi connectivity index (χ3n) is 2.92. The number of hydrogen-bond acceptors (Lipinski definition) is 2. The number of hydrogen-bond donors (Lipinski definition) is 2. The van der Waals surface area contributed by atoms with Crippen LogP contribution in [0.4, 0.5) is 0 Å². The molecule has 3 N–H and O–H groups in total. The van der Waals surface area contributed by atoms with Crippen molar-refractivity contribution in [3.63, 3.8) is 0 Å². The van der Waals surface area contributed by atoms with Crippen LogP contribution < -0.4 is 10.5 Å². The van der Waals surface area contributed by atoms with E-state index in [0.29, 0.717) is 16.3 Å². The second kappa shape index (κ2) is 6.44. The van der Waals surface area contributed by atoms with Crippen LogP contribution in [0.25, 0.3) is 0 Å². The van der Waals surface area contributed by atoms with Gasteiger partial charge in [0.1, 0.15) is 17.3 Å². The van der Waals surface area contributed by atoms with Gasteiger partial charge in [0.2, 0.25) is 0 Å². The zero-order valence-corrected chi connectivity index (χ0v) is 12.1. The summed E-state index contributed by atoms with van der Waals surface area (Å²) in [6.07, 6.45) is 2.17. The quantitative estimate of drug-likeness (QED) is 0.634. The van der Waals surface area contributed by atoms with Crippen LogP contribution in [-0.2, 0) is 6.42 Å². The molecular weight excluding hydrogens is 272 g/mol. The molecule has 2 aromatic rings. The lowest BCUT2D eigenvalue weighted by molar-refractivity contribution is 0.481. The summed E-state index contributed by atoms with van der Waals surface area (Å²) in [6, 6.07) is 13.0. The van der Waals surface area contributed by atoms with Crippen LogP contribution in [-0.4, -0.2) is 5.84 Å². The molecule has 0 aliphatic rings. The van der Waals surface area contributed by atoms with E-state index in [2.05, 4.69) is 6.92 Å². The summed E-state index contributed by atoms with van der Waals surface area (Å²) in [5, 5.41) is 8.10. The molecule has 20 heavy (non-hydrogen) atoms. The lowest BCUT2D eigenvalue weighted by atomic mass is 10.1. The van der Waals surface area contributed by atoms with E-state index in [4.69, 9.17) is 27.5 Å². The number of rotatable bonds is 5. The van der Waals surface area contributed by atoms with E-state index < -0.39 is 0 Å². The van der Waals surface area contributed by atoms with Gasteiger partial charge in [-0.25, -0.2) is 0 Å². The summed E-state index contributed by atoms with van der Waals surface area (Å²) in [5.41, 5.74) is 7.32. The summed E-state index contributed by atoms with van der Waals surface area (Å²) in [6.45, 7) is 2.15. The molecule has 0 aromatic heterocycles. The minimum Gasteiger partial charge on any atom is -0.457 e. The first kappa shape index (κ1) is 14.4. The van der Waals surface area contributed by atoms with Crippen molar-refractivity contribution in [2.75, 3.05) is 0 Å². The summed E-state index contributed by atoms with van der Waals surface area (Å²) in [4.78, 5) is 0. The van der Waals surface area contributed by atoms with Crippen LogP contribution in [0.5, 0.6) is 11.5 Å². The van der Waals surface area contributed by atoms with Gasteiger partial charge in [0.05, 0.1) is 5.56 Å². The maximum Gasteiger partial charge on any atom is 0.138 e. The number of nitrogen functional groups attached to an aromatic ring is 1. The number of halogens is 1. The van der Waals surface area contributed by atoms with Crippen molar-refractivity contribution < 1.29 is 4.74 Å². The van der Waals surface area contributed by atoms with Crippen LogP contribution >= 0.6 is 11.6 Å². The van der Waals surface area contributed by atoms with Crippen molar-refractivity contribution in [3.05, 3.63) is 58.6 Å². The van der Waals surface area contributed by atoms with E-state index in [-0.39, 0.29) is 5.84 Å². The fourth-order valence-electron chi connectivity index (χ4n) is 1.94. The number of aryl methyl sites for hydroxylation is 1. The average Bonchev–Trinajstić information content (AvgIpc) is 2.43. The minimum atomic E-state index is -0.0647. The molecule has 0 bridgehead atoms. The van der Waals surface area contributed by atoms with Gasteiger partial charge in [-0.15, -0.1) is 0 Å². The van der Waals surface area contributed by atoms with Gasteiger partial charge >= 0.3 is 0 Å². The summed E-state index contributed by atoms with van der Waals surface area (Å²) in [5.74, 6) is 1.19. The zero-order valence-electron chi connectivity index (χ0n) is 11.3. The first-order chi connectivity index (χ1) is 9.60. The Morgan fingerprint density at radius 3 is 2.50 bits per heavy atom. The number of amidine groups is 1. The summed E-state index contributed by atoms with van der Waals surface area (Å²) in [7, 11) is 0. The highest BCUT2D eigenvalue weighted by Crippen LogP contribution is 2.28. The Bertz CT molecular complexity index is 608. The lowest BCUT2D eigenvalue weighted by Crippen LogP contribution is -2.12. The van der Waals surface area contributed by atoms with Crippen molar-refractivity contribution in [3.8, 4) is 11.5 Å². The molecule has 0 saturated carbocycles. The normalized spacial score (nSPS) is 10.3. The standard InChI is InChI=1S/C16H17ClN2O/c1-2-3-11-4-7-13(8-5-11)20-15-9-6-12(17)10-14(15)16(18)19/h4-10H,2-3H2,1H3,(H3,18,19). The van der Waals surface area contributed by atoms with Gasteiger partial charge in [-0.3, -0.25) is 5.41 Å². The number of ether oxygens (including phenoxy) is 1. The van der Waals surface area contributed by atoms with Gasteiger partial charge in [0, 0.05) is 5.02 Å². The Labute approximate surface area is 123 Å². The summed E-state index contributed by atoms with van der Waals surface area (Å²) < 4.78 is 5.78. The van der Waals surface area contributed by atoms with E-state index in [9.17, 15) is 0 Å². The minimum absolute atomic E-state index is 0.0647. The SMILES string of the molecule is CCCc1ccc(Oc2ccc(Cl)cc2C(=N)N)cc1. The smallest absolute Gasteiger partial charge is 0.138 e. The van der Waals surface area contributed by atoms with E-state index >= 15 is 0 Å². The van der Waals surface area contributed by atoms with E-state index in [0.717, 1.165) is 18.6 Å². The van der Waals surface area contributed by atoms with Crippen LogP contribution in [0.3, 0.4) is 0 Å². The highest BCUT2D eigenvalue weighted by atomic mass is 35.5. The number of nitrogens with two attached hydrogens (primary N) is 1. The van der Waals surface area contributed by atoms with E-state index in [1.54, 1.807) is 18.2 Å². The van der Waals surface area contributed by atoms with E-state index in [1.165, 1.54) is 5.56 Å². The van der Waals surface area contributed by atoms with E-state index in [1.807, 2.05) is 24.3 Å². The molecule has 0 saturated heterocycles. The molecule has 0 aliphatic carbocycles.